The van der Waals surface area contributed by atoms with E-state index in [1.807, 2.05) is 49.1 Å². The summed E-state index contributed by atoms with van der Waals surface area (Å²) < 4.78 is 0. The first-order valence-corrected chi connectivity index (χ1v) is 7.72. The van der Waals surface area contributed by atoms with E-state index in [-0.39, 0.29) is 17.9 Å². The van der Waals surface area contributed by atoms with Crippen LogP contribution in [-0.2, 0) is 0 Å². The highest BCUT2D eigenvalue weighted by atomic mass is 16.2. The van der Waals surface area contributed by atoms with Crippen LogP contribution in [0.25, 0.3) is 0 Å². The molecule has 3 rings (SSSR count). The van der Waals surface area contributed by atoms with E-state index in [9.17, 15) is 4.79 Å². The van der Waals surface area contributed by atoms with Gasteiger partial charge in [-0.15, -0.1) is 0 Å². The van der Waals surface area contributed by atoms with E-state index in [0.717, 1.165) is 16.7 Å². The van der Waals surface area contributed by atoms with E-state index in [0.29, 0.717) is 13.1 Å². The number of carbonyl (C=O) groups excluding carboxylic acids is 1. The fourth-order valence-electron chi connectivity index (χ4n) is 3.33. The largest absolute Gasteiger partial charge is 0.336 e. The SMILES string of the molecule is Cc1cc(C)cc(C(=O)N2C[C@@H](N)[C@H](c3ccccc3)C2)c1. The van der Waals surface area contributed by atoms with E-state index in [1.54, 1.807) is 0 Å². The highest BCUT2D eigenvalue weighted by molar-refractivity contribution is 5.95. The van der Waals surface area contributed by atoms with Gasteiger partial charge in [-0.05, 0) is 31.5 Å². The van der Waals surface area contributed by atoms with E-state index in [4.69, 9.17) is 5.73 Å². The number of benzene rings is 2. The van der Waals surface area contributed by atoms with E-state index >= 15 is 0 Å². The zero-order valence-corrected chi connectivity index (χ0v) is 13.1. The lowest BCUT2D eigenvalue weighted by atomic mass is 9.95. The van der Waals surface area contributed by atoms with Crippen LogP contribution in [0.1, 0.15) is 33.0 Å². The molecule has 0 bridgehead atoms. The Labute approximate surface area is 131 Å². The minimum atomic E-state index is -0.00254. The number of amides is 1. The molecule has 3 heteroatoms. The number of likely N-dealkylation sites (tertiary alicyclic amines) is 1. The van der Waals surface area contributed by atoms with Gasteiger partial charge in [0.25, 0.3) is 5.91 Å². The van der Waals surface area contributed by atoms with E-state index in [2.05, 4.69) is 18.2 Å². The third-order valence-electron chi connectivity index (χ3n) is 4.35. The quantitative estimate of drug-likeness (QED) is 0.925. The predicted octanol–water partition coefficient (Wildman–Crippen LogP) is 2.87. The Morgan fingerprint density at radius 3 is 2.32 bits per heavy atom. The molecule has 2 N–H and O–H groups in total. The van der Waals surface area contributed by atoms with Crippen molar-refractivity contribution in [3.8, 4) is 0 Å². The van der Waals surface area contributed by atoms with Crippen molar-refractivity contribution in [2.75, 3.05) is 13.1 Å². The zero-order chi connectivity index (χ0) is 15.7. The smallest absolute Gasteiger partial charge is 0.253 e. The van der Waals surface area contributed by atoms with Gasteiger partial charge in [-0.2, -0.15) is 0 Å². The minimum absolute atomic E-state index is 0.00254. The van der Waals surface area contributed by atoms with E-state index in [1.165, 1.54) is 5.56 Å². The van der Waals surface area contributed by atoms with Crippen LogP contribution in [0.5, 0.6) is 0 Å². The van der Waals surface area contributed by atoms with Crippen molar-refractivity contribution in [2.24, 2.45) is 5.73 Å². The Kier molecular flexibility index (Phi) is 3.99. The number of nitrogens with two attached hydrogens (primary N) is 1. The number of nitrogens with zero attached hydrogens (tertiary/aromatic N) is 1. The lowest BCUT2D eigenvalue weighted by molar-refractivity contribution is 0.0789. The molecule has 0 unspecified atom stereocenters. The van der Waals surface area contributed by atoms with Crippen molar-refractivity contribution in [3.63, 3.8) is 0 Å². The van der Waals surface area contributed by atoms with Crippen LogP contribution in [0.2, 0.25) is 0 Å². The van der Waals surface area contributed by atoms with Gasteiger partial charge in [-0.1, -0.05) is 47.5 Å². The molecule has 2 atom stereocenters. The first-order chi connectivity index (χ1) is 10.5. The topological polar surface area (TPSA) is 46.3 Å². The predicted molar refractivity (Wildman–Crippen MR) is 89.0 cm³/mol. The summed E-state index contributed by atoms with van der Waals surface area (Å²) in [5.41, 5.74) is 10.5. The van der Waals surface area contributed by atoms with Gasteiger partial charge in [0.15, 0.2) is 0 Å². The zero-order valence-electron chi connectivity index (χ0n) is 13.1. The molecule has 114 valence electrons. The molecule has 1 aliphatic heterocycles. The third kappa shape index (κ3) is 2.90. The average molecular weight is 294 g/mol. The summed E-state index contributed by atoms with van der Waals surface area (Å²) >= 11 is 0. The molecule has 1 amide bonds. The van der Waals surface area contributed by atoms with Crippen LogP contribution >= 0.6 is 0 Å². The first kappa shape index (κ1) is 14.8. The molecule has 0 aromatic heterocycles. The highest BCUT2D eigenvalue weighted by Crippen LogP contribution is 2.27. The number of hydrogen-bond donors (Lipinski definition) is 1. The van der Waals surface area contributed by atoms with Gasteiger partial charge in [0, 0.05) is 30.6 Å². The van der Waals surface area contributed by atoms with Crippen molar-refractivity contribution >= 4 is 5.91 Å². The Hall–Kier alpha value is -2.13. The Bertz CT molecular complexity index is 661. The maximum atomic E-state index is 12.7. The molecule has 1 heterocycles. The Morgan fingerprint density at radius 1 is 1.05 bits per heavy atom. The van der Waals surface area contributed by atoms with Crippen LogP contribution in [-0.4, -0.2) is 29.9 Å². The van der Waals surface area contributed by atoms with Crippen LogP contribution in [0.4, 0.5) is 0 Å². The van der Waals surface area contributed by atoms with Gasteiger partial charge < -0.3 is 10.6 Å². The lowest BCUT2D eigenvalue weighted by Gasteiger charge is -2.17. The molecular formula is C19H22N2O. The fraction of sp³-hybridized carbons (Fsp3) is 0.316. The Morgan fingerprint density at radius 2 is 1.68 bits per heavy atom. The summed E-state index contributed by atoms with van der Waals surface area (Å²) in [6.45, 7) is 5.35. The second kappa shape index (κ2) is 5.93. The Balaban J connectivity index is 1.80. The molecule has 0 aliphatic carbocycles. The molecular weight excluding hydrogens is 272 g/mol. The summed E-state index contributed by atoms with van der Waals surface area (Å²) in [6, 6.07) is 16.2. The minimum Gasteiger partial charge on any atom is -0.336 e. The number of hydrogen-bond acceptors (Lipinski definition) is 2. The molecule has 2 aromatic carbocycles. The molecule has 3 nitrogen and oxygen atoms in total. The second-order valence-electron chi connectivity index (χ2n) is 6.27. The lowest BCUT2D eigenvalue weighted by Crippen LogP contribution is -2.32. The molecule has 1 fully saturated rings. The number of rotatable bonds is 2. The van der Waals surface area contributed by atoms with Gasteiger partial charge in [0.2, 0.25) is 0 Å². The summed E-state index contributed by atoms with van der Waals surface area (Å²) in [5.74, 6) is 0.303. The summed E-state index contributed by atoms with van der Waals surface area (Å²) in [5, 5.41) is 0. The highest BCUT2D eigenvalue weighted by Gasteiger charge is 2.34. The van der Waals surface area contributed by atoms with Gasteiger partial charge in [0.1, 0.15) is 0 Å². The van der Waals surface area contributed by atoms with Crippen LogP contribution in [0, 0.1) is 13.8 Å². The van der Waals surface area contributed by atoms with Crippen molar-refractivity contribution in [3.05, 3.63) is 70.8 Å². The monoisotopic (exact) mass is 294 g/mol. The van der Waals surface area contributed by atoms with Gasteiger partial charge in [-0.25, -0.2) is 0 Å². The normalized spacial score (nSPS) is 21.1. The summed E-state index contributed by atoms with van der Waals surface area (Å²) in [7, 11) is 0. The van der Waals surface area contributed by atoms with Crippen molar-refractivity contribution in [2.45, 2.75) is 25.8 Å². The van der Waals surface area contributed by atoms with E-state index < -0.39 is 0 Å². The standard InChI is InChI=1S/C19H22N2O/c1-13-8-14(2)10-16(9-13)19(22)21-11-17(18(20)12-21)15-6-4-3-5-7-15/h3-10,17-18H,11-12,20H2,1-2H3/t17-,18+/m0/s1. The van der Waals surface area contributed by atoms with Crippen molar-refractivity contribution in [1.29, 1.82) is 0 Å². The van der Waals surface area contributed by atoms with Crippen molar-refractivity contribution in [1.82, 2.24) is 4.90 Å². The number of carbonyl (C=O) groups is 1. The third-order valence-corrected chi connectivity index (χ3v) is 4.35. The molecule has 1 saturated heterocycles. The van der Waals surface area contributed by atoms with Gasteiger partial charge in [-0.3, -0.25) is 4.79 Å². The molecule has 2 aromatic rings. The summed E-state index contributed by atoms with van der Waals surface area (Å²) in [6.07, 6.45) is 0. The maximum Gasteiger partial charge on any atom is 0.253 e. The molecule has 22 heavy (non-hydrogen) atoms. The average Bonchev–Trinajstić information content (AvgIpc) is 2.88. The van der Waals surface area contributed by atoms with Crippen molar-refractivity contribution < 1.29 is 4.79 Å². The van der Waals surface area contributed by atoms with Crippen LogP contribution in [0.15, 0.2) is 48.5 Å². The molecule has 0 spiro atoms. The molecule has 0 saturated carbocycles. The van der Waals surface area contributed by atoms with Gasteiger partial charge in [0.05, 0.1) is 0 Å². The summed E-state index contributed by atoms with van der Waals surface area (Å²) in [4.78, 5) is 14.6. The van der Waals surface area contributed by atoms with Crippen LogP contribution < -0.4 is 5.73 Å². The first-order valence-electron chi connectivity index (χ1n) is 7.72. The second-order valence-corrected chi connectivity index (χ2v) is 6.27. The fourth-order valence-corrected chi connectivity index (χ4v) is 3.33. The molecule has 0 radical (unpaired) electrons. The molecule has 1 aliphatic rings. The van der Waals surface area contributed by atoms with Gasteiger partial charge >= 0.3 is 0 Å². The van der Waals surface area contributed by atoms with Crippen LogP contribution in [0.3, 0.4) is 0 Å². The number of aryl methyl sites for hydroxylation is 2. The maximum absolute atomic E-state index is 12.7.